The second kappa shape index (κ2) is 7.80. The lowest BCUT2D eigenvalue weighted by Gasteiger charge is -2.19. The summed E-state index contributed by atoms with van der Waals surface area (Å²) in [6.45, 7) is 4.59. The van der Waals surface area contributed by atoms with Crippen LogP contribution in [0.1, 0.15) is 35.2 Å². The van der Waals surface area contributed by atoms with Gasteiger partial charge >= 0.3 is 0 Å². The first-order chi connectivity index (χ1) is 11.5. The minimum Gasteiger partial charge on any atom is -0.493 e. The summed E-state index contributed by atoms with van der Waals surface area (Å²) in [7, 11) is 3.22. The zero-order valence-electron chi connectivity index (χ0n) is 14.3. The van der Waals surface area contributed by atoms with Crippen LogP contribution in [0, 0.1) is 24.1 Å². The predicted molar refractivity (Wildman–Crippen MR) is 90.7 cm³/mol. The molecule has 2 aromatic rings. The van der Waals surface area contributed by atoms with Gasteiger partial charge in [-0.15, -0.1) is 0 Å². The van der Waals surface area contributed by atoms with Gasteiger partial charge in [0.05, 0.1) is 19.8 Å². The van der Waals surface area contributed by atoms with Gasteiger partial charge in [-0.3, -0.25) is 0 Å². The quantitative estimate of drug-likeness (QED) is 0.874. The van der Waals surface area contributed by atoms with Crippen molar-refractivity contribution in [3.05, 3.63) is 58.4 Å². The van der Waals surface area contributed by atoms with Gasteiger partial charge in [0.2, 0.25) is 0 Å². The molecule has 0 saturated carbocycles. The van der Waals surface area contributed by atoms with E-state index in [1.807, 2.05) is 32.0 Å². The van der Waals surface area contributed by atoms with Gasteiger partial charge in [0.15, 0.2) is 11.5 Å². The van der Waals surface area contributed by atoms with Crippen molar-refractivity contribution in [3.63, 3.8) is 0 Å². The van der Waals surface area contributed by atoms with Crippen molar-refractivity contribution in [2.45, 2.75) is 26.4 Å². The lowest BCUT2D eigenvalue weighted by molar-refractivity contribution is 0.353. The van der Waals surface area contributed by atoms with E-state index in [-0.39, 0.29) is 11.6 Å². The van der Waals surface area contributed by atoms with E-state index in [0.717, 1.165) is 16.7 Å². The number of ether oxygens (including phenoxy) is 2. The number of nitriles is 1. The number of benzene rings is 2. The maximum atomic E-state index is 13.4. The smallest absolute Gasteiger partial charge is 0.161 e. The number of nitrogens with zero attached hydrogens (tertiary/aromatic N) is 1. The molecular formula is C19H21FN2O2. The van der Waals surface area contributed by atoms with Crippen LogP contribution < -0.4 is 14.8 Å². The standard InChI is InChI=1S/C19H21FN2O2/c1-12-7-18(23-3)19(24-4)9-16(12)13(2)22-11-14-5-6-17(20)15(8-14)10-21/h5-9,13,22H,11H2,1-4H3/t13-/m0/s1. The summed E-state index contributed by atoms with van der Waals surface area (Å²) < 4.78 is 24.0. The van der Waals surface area contributed by atoms with Crippen molar-refractivity contribution < 1.29 is 13.9 Å². The van der Waals surface area contributed by atoms with E-state index < -0.39 is 5.82 Å². The highest BCUT2D eigenvalue weighted by Crippen LogP contribution is 2.32. The summed E-state index contributed by atoms with van der Waals surface area (Å²) >= 11 is 0. The molecule has 0 heterocycles. The number of nitrogens with one attached hydrogen (secondary N) is 1. The molecule has 5 heteroatoms. The van der Waals surface area contributed by atoms with Gasteiger partial charge in [0, 0.05) is 12.6 Å². The van der Waals surface area contributed by atoms with Crippen molar-refractivity contribution in [2.24, 2.45) is 0 Å². The Balaban J connectivity index is 2.15. The van der Waals surface area contributed by atoms with Crippen molar-refractivity contribution in [1.82, 2.24) is 5.32 Å². The van der Waals surface area contributed by atoms with E-state index in [4.69, 9.17) is 14.7 Å². The topological polar surface area (TPSA) is 54.3 Å². The van der Waals surface area contributed by atoms with Crippen LogP contribution in [0.3, 0.4) is 0 Å². The van der Waals surface area contributed by atoms with Crippen molar-refractivity contribution >= 4 is 0 Å². The zero-order chi connectivity index (χ0) is 17.7. The Hall–Kier alpha value is -2.58. The molecule has 1 N–H and O–H groups in total. The van der Waals surface area contributed by atoms with Gasteiger partial charge in [0.1, 0.15) is 11.9 Å². The first-order valence-corrected chi connectivity index (χ1v) is 7.64. The molecule has 24 heavy (non-hydrogen) atoms. The molecule has 0 spiro atoms. The SMILES string of the molecule is COc1cc(C)c([C@H](C)NCc2ccc(F)c(C#N)c2)cc1OC. The fourth-order valence-electron chi connectivity index (χ4n) is 2.61. The summed E-state index contributed by atoms with van der Waals surface area (Å²) in [5.74, 6) is 0.883. The molecule has 4 nitrogen and oxygen atoms in total. The van der Waals surface area contributed by atoms with E-state index in [0.29, 0.717) is 18.0 Å². The molecule has 0 aliphatic heterocycles. The second-order valence-corrected chi connectivity index (χ2v) is 5.59. The van der Waals surface area contributed by atoms with Crippen LogP contribution in [0.25, 0.3) is 0 Å². The van der Waals surface area contributed by atoms with Gasteiger partial charge in [0.25, 0.3) is 0 Å². The van der Waals surface area contributed by atoms with E-state index >= 15 is 0 Å². The fraction of sp³-hybridized carbons (Fsp3) is 0.316. The zero-order valence-corrected chi connectivity index (χ0v) is 14.3. The third-order valence-electron chi connectivity index (χ3n) is 4.00. The van der Waals surface area contributed by atoms with Crippen LogP contribution in [0.4, 0.5) is 4.39 Å². The number of methoxy groups -OCH3 is 2. The third kappa shape index (κ3) is 3.84. The second-order valence-electron chi connectivity index (χ2n) is 5.59. The summed E-state index contributed by atoms with van der Waals surface area (Å²) in [6.07, 6.45) is 0. The van der Waals surface area contributed by atoms with Crippen molar-refractivity contribution in [2.75, 3.05) is 14.2 Å². The van der Waals surface area contributed by atoms with Gasteiger partial charge in [-0.05, 0) is 54.8 Å². The van der Waals surface area contributed by atoms with Gasteiger partial charge < -0.3 is 14.8 Å². The minimum absolute atomic E-state index is 0.0559. The Morgan fingerprint density at radius 3 is 2.46 bits per heavy atom. The predicted octanol–water partition coefficient (Wildman–Crippen LogP) is 3.87. The molecule has 0 aromatic heterocycles. The highest BCUT2D eigenvalue weighted by molar-refractivity contribution is 5.48. The molecule has 0 saturated heterocycles. The van der Waals surface area contributed by atoms with Crippen LogP contribution in [-0.4, -0.2) is 14.2 Å². The van der Waals surface area contributed by atoms with E-state index in [1.54, 1.807) is 26.4 Å². The maximum Gasteiger partial charge on any atom is 0.161 e. The molecule has 2 rings (SSSR count). The normalized spacial score (nSPS) is 11.7. The molecule has 0 aliphatic rings. The average Bonchev–Trinajstić information content (AvgIpc) is 2.60. The average molecular weight is 328 g/mol. The summed E-state index contributed by atoms with van der Waals surface area (Å²) in [5, 5.41) is 12.3. The first kappa shape index (κ1) is 17.8. The Kier molecular flexibility index (Phi) is 5.78. The Labute approximate surface area is 141 Å². The highest BCUT2D eigenvalue weighted by atomic mass is 19.1. The minimum atomic E-state index is -0.495. The number of aryl methyl sites for hydroxylation is 1. The molecule has 0 fully saturated rings. The van der Waals surface area contributed by atoms with Gasteiger partial charge in [-0.25, -0.2) is 4.39 Å². The Morgan fingerprint density at radius 1 is 1.17 bits per heavy atom. The monoisotopic (exact) mass is 328 g/mol. The van der Waals surface area contributed by atoms with E-state index in [9.17, 15) is 4.39 Å². The number of hydrogen-bond acceptors (Lipinski definition) is 4. The fourth-order valence-corrected chi connectivity index (χ4v) is 2.61. The summed E-state index contributed by atoms with van der Waals surface area (Å²) in [5.41, 5.74) is 3.10. The Morgan fingerprint density at radius 2 is 1.83 bits per heavy atom. The molecule has 0 radical (unpaired) electrons. The van der Waals surface area contributed by atoms with Crippen molar-refractivity contribution in [3.8, 4) is 17.6 Å². The van der Waals surface area contributed by atoms with Crippen LogP contribution in [0.15, 0.2) is 30.3 Å². The molecular weight excluding hydrogens is 307 g/mol. The number of halogens is 1. The van der Waals surface area contributed by atoms with E-state index in [2.05, 4.69) is 5.32 Å². The number of rotatable bonds is 6. The lowest BCUT2D eigenvalue weighted by atomic mass is 10.0. The lowest BCUT2D eigenvalue weighted by Crippen LogP contribution is -2.19. The van der Waals surface area contributed by atoms with Crippen LogP contribution in [0.5, 0.6) is 11.5 Å². The van der Waals surface area contributed by atoms with E-state index in [1.165, 1.54) is 6.07 Å². The first-order valence-electron chi connectivity index (χ1n) is 7.64. The molecule has 2 aromatic carbocycles. The molecule has 0 amide bonds. The molecule has 126 valence electrons. The van der Waals surface area contributed by atoms with Gasteiger partial charge in [-0.2, -0.15) is 5.26 Å². The highest BCUT2D eigenvalue weighted by Gasteiger charge is 2.14. The summed E-state index contributed by atoms with van der Waals surface area (Å²) in [4.78, 5) is 0. The van der Waals surface area contributed by atoms with Crippen LogP contribution >= 0.6 is 0 Å². The summed E-state index contributed by atoms with van der Waals surface area (Å²) in [6, 6.07) is 10.4. The maximum absolute atomic E-state index is 13.4. The molecule has 0 unspecified atom stereocenters. The molecule has 1 atom stereocenters. The van der Waals surface area contributed by atoms with Gasteiger partial charge in [-0.1, -0.05) is 6.07 Å². The van der Waals surface area contributed by atoms with Crippen LogP contribution in [0.2, 0.25) is 0 Å². The molecule has 0 aliphatic carbocycles. The van der Waals surface area contributed by atoms with Crippen LogP contribution in [-0.2, 0) is 6.54 Å². The molecule has 0 bridgehead atoms. The third-order valence-corrected chi connectivity index (χ3v) is 4.00. The van der Waals surface area contributed by atoms with Crippen molar-refractivity contribution in [1.29, 1.82) is 5.26 Å². The largest absolute Gasteiger partial charge is 0.493 e. The Bertz CT molecular complexity index is 769. The number of hydrogen-bond donors (Lipinski definition) is 1.